The molecular formula is C7H5ClF2INO2S. The lowest BCUT2D eigenvalue weighted by Crippen LogP contribution is -2.05. The number of hydrogen-bond acceptors (Lipinski definition) is 3. The van der Waals surface area contributed by atoms with Crippen molar-refractivity contribution in [1.82, 2.24) is 4.98 Å². The lowest BCUT2D eigenvalue weighted by molar-refractivity contribution is 0.149. The third-order valence-corrected chi connectivity index (χ3v) is 4.34. The second-order valence-corrected chi connectivity index (χ2v) is 6.27. The largest absolute Gasteiger partial charge is 0.279 e. The first-order valence-corrected chi connectivity index (χ1v) is 7.01. The zero-order chi connectivity index (χ0) is 11.8. The zero-order valence-electron chi connectivity index (χ0n) is 7.34. The van der Waals surface area contributed by atoms with E-state index in [9.17, 15) is 17.2 Å². The van der Waals surface area contributed by atoms with E-state index in [1.165, 1.54) is 29.5 Å². The van der Waals surface area contributed by atoms with Gasteiger partial charge in [0.1, 0.15) is 0 Å². The van der Waals surface area contributed by atoms with Gasteiger partial charge in [0.25, 0.3) is 15.5 Å². The maximum atomic E-state index is 12.6. The molecule has 0 aromatic carbocycles. The Morgan fingerprint density at radius 1 is 1.53 bits per heavy atom. The molecule has 0 fully saturated rings. The SMILES string of the molecule is Cc1cnc(S(=O)(=O)Cl)c(I)c1C(F)F. The number of aryl methyl sites for hydroxylation is 1. The van der Waals surface area contributed by atoms with Crippen LogP contribution in [0, 0.1) is 10.5 Å². The van der Waals surface area contributed by atoms with Crippen LogP contribution in [0.15, 0.2) is 11.2 Å². The molecule has 0 N–H and O–H groups in total. The molecule has 0 aliphatic carbocycles. The van der Waals surface area contributed by atoms with E-state index in [2.05, 4.69) is 4.98 Å². The first kappa shape index (κ1) is 13.0. The number of pyridine rings is 1. The van der Waals surface area contributed by atoms with Gasteiger partial charge in [0.05, 0.1) is 3.57 Å². The van der Waals surface area contributed by atoms with E-state index in [4.69, 9.17) is 10.7 Å². The maximum Gasteiger partial charge on any atom is 0.279 e. The molecule has 1 aromatic heterocycles. The maximum absolute atomic E-state index is 12.6. The summed E-state index contributed by atoms with van der Waals surface area (Å²) in [4.78, 5) is 3.53. The van der Waals surface area contributed by atoms with Crippen LogP contribution in [0.4, 0.5) is 8.78 Å². The standard InChI is InChI=1S/C7H5ClF2INO2S/c1-3-2-12-7(15(8,13)14)5(11)4(3)6(9)10/h2,6H,1H3. The van der Waals surface area contributed by atoms with E-state index in [1.54, 1.807) is 0 Å². The van der Waals surface area contributed by atoms with Gasteiger partial charge in [-0.3, -0.25) is 0 Å². The van der Waals surface area contributed by atoms with Crippen LogP contribution in [0.1, 0.15) is 17.6 Å². The molecule has 0 amide bonds. The molecule has 1 aromatic rings. The van der Waals surface area contributed by atoms with Gasteiger partial charge in [0.15, 0.2) is 5.03 Å². The van der Waals surface area contributed by atoms with Gasteiger partial charge in [-0.1, -0.05) is 0 Å². The summed E-state index contributed by atoms with van der Waals surface area (Å²) in [6.45, 7) is 1.43. The number of hydrogen-bond donors (Lipinski definition) is 0. The number of nitrogens with zero attached hydrogens (tertiary/aromatic N) is 1. The van der Waals surface area contributed by atoms with Gasteiger partial charge in [-0.2, -0.15) is 0 Å². The lowest BCUT2D eigenvalue weighted by atomic mass is 10.2. The van der Waals surface area contributed by atoms with Crippen LogP contribution >= 0.6 is 33.3 Å². The summed E-state index contributed by atoms with van der Waals surface area (Å²) in [6.07, 6.45) is -1.68. The summed E-state index contributed by atoms with van der Waals surface area (Å²) in [5.74, 6) is 0. The molecule has 84 valence electrons. The minimum atomic E-state index is -4.09. The molecule has 0 bridgehead atoms. The van der Waals surface area contributed by atoms with Crippen molar-refractivity contribution in [1.29, 1.82) is 0 Å². The van der Waals surface area contributed by atoms with Crippen molar-refractivity contribution in [2.75, 3.05) is 0 Å². The van der Waals surface area contributed by atoms with Gasteiger partial charge in [0, 0.05) is 22.4 Å². The molecule has 0 radical (unpaired) electrons. The highest BCUT2D eigenvalue weighted by molar-refractivity contribution is 14.1. The van der Waals surface area contributed by atoms with E-state index in [0.717, 1.165) is 6.20 Å². The van der Waals surface area contributed by atoms with Crippen molar-refractivity contribution in [3.05, 3.63) is 20.9 Å². The molecule has 1 rings (SSSR count). The quantitative estimate of drug-likeness (QED) is 0.596. The topological polar surface area (TPSA) is 47.0 Å². The molecule has 0 saturated carbocycles. The lowest BCUT2D eigenvalue weighted by Gasteiger charge is -2.09. The smallest absolute Gasteiger partial charge is 0.242 e. The molecule has 0 saturated heterocycles. The van der Waals surface area contributed by atoms with Crippen LogP contribution in [0.2, 0.25) is 0 Å². The highest BCUT2D eigenvalue weighted by Gasteiger charge is 2.24. The highest BCUT2D eigenvalue weighted by atomic mass is 127. The van der Waals surface area contributed by atoms with Crippen LogP contribution in [0.3, 0.4) is 0 Å². The van der Waals surface area contributed by atoms with Crippen LogP contribution in [-0.4, -0.2) is 13.4 Å². The molecule has 0 atom stereocenters. The van der Waals surface area contributed by atoms with Crippen molar-refractivity contribution in [3.8, 4) is 0 Å². The molecule has 8 heteroatoms. The monoisotopic (exact) mass is 367 g/mol. The van der Waals surface area contributed by atoms with Gasteiger partial charge in [-0.25, -0.2) is 22.2 Å². The van der Waals surface area contributed by atoms with Crippen LogP contribution < -0.4 is 0 Å². The minimum Gasteiger partial charge on any atom is -0.242 e. The highest BCUT2D eigenvalue weighted by Crippen LogP contribution is 2.31. The third kappa shape index (κ3) is 2.76. The molecule has 0 aliphatic rings. The second-order valence-electron chi connectivity index (χ2n) is 2.71. The number of aromatic nitrogens is 1. The average molecular weight is 368 g/mol. The fourth-order valence-corrected chi connectivity index (χ4v) is 3.92. The molecule has 1 heterocycles. The Balaban J connectivity index is 3.56. The molecule has 0 aliphatic heterocycles. The van der Waals surface area contributed by atoms with Crippen molar-refractivity contribution in [2.24, 2.45) is 0 Å². The third-order valence-electron chi connectivity index (χ3n) is 1.67. The van der Waals surface area contributed by atoms with Gasteiger partial charge in [-0.05, 0) is 35.1 Å². The Kier molecular flexibility index (Phi) is 3.88. The Bertz CT molecular complexity index is 492. The molecule has 0 spiro atoms. The molecular weight excluding hydrogens is 363 g/mol. The molecule has 0 unspecified atom stereocenters. The summed E-state index contributed by atoms with van der Waals surface area (Å²) < 4.78 is 47.0. The molecule has 3 nitrogen and oxygen atoms in total. The van der Waals surface area contributed by atoms with Gasteiger partial charge >= 0.3 is 0 Å². The summed E-state index contributed by atoms with van der Waals surface area (Å²) >= 11 is 1.50. The van der Waals surface area contributed by atoms with E-state index < -0.39 is 20.5 Å². The first-order valence-electron chi connectivity index (χ1n) is 3.63. The predicted octanol–water partition coefficient (Wildman–Crippen LogP) is 2.86. The fourth-order valence-electron chi connectivity index (χ4n) is 1.01. The van der Waals surface area contributed by atoms with E-state index >= 15 is 0 Å². The summed E-state index contributed by atoms with van der Waals surface area (Å²) in [5, 5.41) is -0.523. The zero-order valence-corrected chi connectivity index (χ0v) is 11.1. The van der Waals surface area contributed by atoms with E-state index in [-0.39, 0.29) is 14.7 Å². The second kappa shape index (κ2) is 4.46. The molecule has 15 heavy (non-hydrogen) atoms. The van der Waals surface area contributed by atoms with Crippen LogP contribution in [0.5, 0.6) is 0 Å². The fraction of sp³-hybridized carbons (Fsp3) is 0.286. The van der Waals surface area contributed by atoms with Crippen LogP contribution in [-0.2, 0) is 9.05 Å². The van der Waals surface area contributed by atoms with Crippen LogP contribution in [0.25, 0.3) is 0 Å². The first-order chi connectivity index (χ1) is 6.75. The van der Waals surface area contributed by atoms with Gasteiger partial charge in [-0.15, -0.1) is 0 Å². The Morgan fingerprint density at radius 2 is 2.07 bits per heavy atom. The normalized spacial score (nSPS) is 12.1. The Hall–Kier alpha value is -0.0200. The Labute approximate surface area is 103 Å². The number of alkyl halides is 2. The van der Waals surface area contributed by atoms with Crippen molar-refractivity contribution >= 4 is 42.3 Å². The Morgan fingerprint density at radius 3 is 2.47 bits per heavy atom. The van der Waals surface area contributed by atoms with Crippen molar-refractivity contribution < 1.29 is 17.2 Å². The van der Waals surface area contributed by atoms with E-state index in [1.807, 2.05) is 0 Å². The van der Waals surface area contributed by atoms with E-state index in [0.29, 0.717) is 0 Å². The summed E-state index contributed by atoms with van der Waals surface area (Å²) in [7, 11) is 0.967. The number of rotatable bonds is 2. The predicted molar refractivity (Wildman–Crippen MR) is 59.7 cm³/mol. The minimum absolute atomic E-state index is 0.127. The van der Waals surface area contributed by atoms with Gasteiger partial charge in [0.2, 0.25) is 0 Å². The summed E-state index contributed by atoms with van der Waals surface area (Å²) in [6, 6.07) is 0. The summed E-state index contributed by atoms with van der Waals surface area (Å²) in [5.41, 5.74) is -0.108. The van der Waals surface area contributed by atoms with Crippen molar-refractivity contribution in [3.63, 3.8) is 0 Å². The average Bonchev–Trinajstić information content (AvgIpc) is 2.00. The van der Waals surface area contributed by atoms with Gasteiger partial charge < -0.3 is 0 Å². The van der Waals surface area contributed by atoms with Crippen molar-refractivity contribution in [2.45, 2.75) is 18.4 Å². The number of halogens is 4.